The molecule has 0 aliphatic carbocycles. The standard InChI is InChI=1S/C24H27N5O4/c1-13-9-22-25-16(4)19(18(6)29(22)26-13)7-8-24(31)32-12-21(30)20-10-14(2)28(17(20)5)23-11-15(3)33-27-23/h9-11H,7-8,12H2,1-6H3. The number of esters is 1. The molecule has 0 N–H and O–H groups in total. The Kier molecular flexibility index (Phi) is 5.88. The summed E-state index contributed by atoms with van der Waals surface area (Å²) in [7, 11) is 0. The van der Waals surface area contributed by atoms with Crippen molar-refractivity contribution >= 4 is 17.4 Å². The number of nitrogens with zero attached hydrogens (tertiary/aromatic N) is 5. The van der Waals surface area contributed by atoms with E-state index in [0.717, 1.165) is 39.7 Å². The van der Waals surface area contributed by atoms with E-state index in [1.807, 2.05) is 52.2 Å². The number of hydrogen-bond acceptors (Lipinski definition) is 7. The summed E-state index contributed by atoms with van der Waals surface area (Å²) in [5.74, 6) is 0.606. The van der Waals surface area contributed by atoms with Crippen molar-refractivity contribution < 1.29 is 18.8 Å². The van der Waals surface area contributed by atoms with Crippen LogP contribution in [-0.4, -0.2) is 42.7 Å². The molecule has 0 saturated carbocycles. The first-order valence-electron chi connectivity index (χ1n) is 10.8. The second-order valence-corrected chi connectivity index (χ2v) is 8.32. The maximum absolute atomic E-state index is 12.7. The maximum Gasteiger partial charge on any atom is 0.306 e. The van der Waals surface area contributed by atoms with Crippen LogP contribution in [0.2, 0.25) is 0 Å². The highest BCUT2D eigenvalue weighted by molar-refractivity contribution is 5.99. The Hall–Kier alpha value is -3.75. The van der Waals surface area contributed by atoms with Gasteiger partial charge < -0.3 is 9.26 Å². The first kappa shape index (κ1) is 22.4. The minimum atomic E-state index is -0.431. The number of ketones is 1. The van der Waals surface area contributed by atoms with Crippen LogP contribution in [-0.2, 0) is 16.0 Å². The number of hydrogen-bond donors (Lipinski definition) is 0. The lowest BCUT2D eigenvalue weighted by Crippen LogP contribution is -2.16. The number of rotatable bonds is 7. The molecule has 4 rings (SSSR count). The van der Waals surface area contributed by atoms with E-state index in [9.17, 15) is 9.59 Å². The van der Waals surface area contributed by atoms with Crippen LogP contribution in [0.5, 0.6) is 0 Å². The van der Waals surface area contributed by atoms with Crippen molar-refractivity contribution in [3.8, 4) is 5.82 Å². The zero-order valence-electron chi connectivity index (χ0n) is 19.7. The van der Waals surface area contributed by atoms with Gasteiger partial charge in [0.05, 0.1) is 5.69 Å². The number of aromatic nitrogens is 5. The third-order valence-corrected chi connectivity index (χ3v) is 5.81. The lowest BCUT2D eigenvalue weighted by atomic mass is 10.1. The smallest absolute Gasteiger partial charge is 0.306 e. The monoisotopic (exact) mass is 449 g/mol. The van der Waals surface area contributed by atoms with Crippen molar-refractivity contribution in [3.05, 3.63) is 63.6 Å². The van der Waals surface area contributed by atoms with Crippen molar-refractivity contribution in [2.75, 3.05) is 6.61 Å². The van der Waals surface area contributed by atoms with Crippen LogP contribution < -0.4 is 0 Å². The molecule has 0 aromatic carbocycles. The molecule has 4 aromatic rings. The van der Waals surface area contributed by atoms with Gasteiger partial charge in [-0.2, -0.15) is 5.10 Å². The SMILES string of the molecule is Cc1cc2nc(C)c(CCC(=O)OCC(=O)c3cc(C)n(-c4cc(C)on4)c3C)c(C)n2n1. The average Bonchev–Trinajstić information content (AvgIpc) is 3.42. The molecule has 0 saturated heterocycles. The van der Waals surface area contributed by atoms with Crippen molar-refractivity contribution in [2.24, 2.45) is 0 Å². The van der Waals surface area contributed by atoms with E-state index in [1.165, 1.54) is 0 Å². The van der Waals surface area contributed by atoms with Crippen LogP contribution in [0.3, 0.4) is 0 Å². The fraction of sp³-hybridized carbons (Fsp3) is 0.375. The molecule has 0 aliphatic rings. The van der Waals surface area contributed by atoms with E-state index in [1.54, 1.807) is 16.6 Å². The number of carbonyl (C=O) groups excluding carboxylic acids is 2. The summed E-state index contributed by atoms with van der Waals surface area (Å²) in [6.07, 6.45) is 0.617. The summed E-state index contributed by atoms with van der Waals surface area (Å²) in [5, 5.41) is 8.48. The summed E-state index contributed by atoms with van der Waals surface area (Å²) in [6, 6.07) is 5.49. The van der Waals surface area contributed by atoms with Gasteiger partial charge in [0.2, 0.25) is 5.78 Å². The largest absolute Gasteiger partial charge is 0.457 e. The number of aryl methyl sites for hydroxylation is 5. The van der Waals surface area contributed by atoms with E-state index in [2.05, 4.69) is 15.2 Å². The minimum Gasteiger partial charge on any atom is -0.457 e. The van der Waals surface area contributed by atoms with Crippen LogP contribution in [0.1, 0.15) is 56.6 Å². The first-order chi connectivity index (χ1) is 15.7. The van der Waals surface area contributed by atoms with E-state index in [4.69, 9.17) is 9.26 Å². The zero-order chi connectivity index (χ0) is 23.9. The Bertz CT molecular complexity index is 1380. The second kappa shape index (κ2) is 8.65. The van der Waals surface area contributed by atoms with Crippen LogP contribution in [0.4, 0.5) is 0 Å². The van der Waals surface area contributed by atoms with Crippen LogP contribution in [0, 0.1) is 41.5 Å². The van der Waals surface area contributed by atoms with E-state index in [-0.39, 0.29) is 18.8 Å². The topological polar surface area (TPSA) is 105 Å². The molecule has 0 amide bonds. The van der Waals surface area contributed by atoms with Crippen LogP contribution in [0.25, 0.3) is 11.5 Å². The van der Waals surface area contributed by atoms with E-state index < -0.39 is 5.97 Å². The summed E-state index contributed by atoms with van der Waals surface area (Å²) in [5.41, 5.74) is 6.51. The Labute approximate surface area is 191 Å². The molecular weight excluding hydrogens is 422 g/mol. The third kappa shape index (κ3) is 4.30. The van der Waals surface area contributed by atoms with Gasteiger partial charge >= 0.3 is 5.97 Å². The molecule has 0 spiro atoms. The predicted octanol–water partition coefficient (Wildman–Crippen LogP) is 3.72. The summed E-state index contributed by atoms with van der Waals surface area (Å²) in [6.45, 7) is 11.0. The lowest BCUT2D eigenvalue weighted by Gasteiger charge is -2.11. The molecule has 4 heterocycles. The van der Waals surface area contributed by atoms with Crippen molar-refractivity contribution in [3.63, 3.8) is 0 Å². The molecule has 4 aromatic heterocycles. The number of ether oxygens (including phenoxy) is 1. The van der Waals surface area contributed by atoms with Crippen molar-refractivity contribution in [1.29, 1.82) is 0 Å². The normalized spacial score (nSPS) is 11.3. The van der Waals surface area contributed by atoms with E-state index >= 15 is 0 Å². The summed E-state index contributed by atoms with van der Waals surface area (Å²) in [4.78, 5) is 29.7. The Morgan fingerprint density at radius 3 is 2.48 bits per heavy atom. The number of carbonyl (C=O) groups is 2. The Balaban J connectivity index is 1.40. The summed E-state index contributed by atoms with van der Waals surface area (Å²) < 4.78 is 14.1. The fourth-order valence-electron chi connectivity index (χ4n) is 4.18. The molecular formula is C24H27N5O4. The van der Waals surface area contributed by atoms with Gasteiger partial charge in [0.1, 0.15) is 5.76 Å². The van der Waals surface area contributed by atoms with Gasteiger partial charge in [-0.15, -0.1) is 0 Å². The molecule has 0 bridgehead atoms. The van der Waals surface area contributed by atoms with Gasteiger partial charge in [-0.25, -0.2) is 9.50 Å². The van der Waals surface area contributed by atoms with Gasteiger partial charge in [0, 0.05) is 46.9 Å². The fourth-order valence-corrected chi connectivity index (χ4v) is 4.18. The van der Waals surface area contributed by atoms with Gasteiger partial charge in [-0.1, -0.05) is 5.16 Å². The van der Waals surface area contributed by atoms with Gasteiger partial charge in [0.15, 0.2) is 18.1 Å². The summed E-state index contributed by atoms with van der Waals surface area (Å²) >= 11 is 0. The second-order valence-electron chi connectivity index (χ2n) is 8.32. The highest BCUT2D eigenvalue weighted by atomic mass is 16.5. The van der Waals surface area contributed by atoms with Crippen LogP contribution in [0.15, 0.2) is 22.7 Å². The predicted molar refractivity (Wildman–Crippen MR) is 121 cm³/mol. The van der Waals surface area contributed by atoms with Crippen molar-refractivity contribution in [1.82, 2.24) is 24.3 Å². The molecule has 9 nitrogen and oxygen atoms in total. The molecule has 33 heavy (non-hydrogen) atoms. The zero-order valence-corrected chi connectivity index (χ0v) is 19.7. The lowest BCUT2D eigenvalue weighted by molar-refractivity contribution is -0.142. The first-order valence-corrected chi connectivity index (χ1v) is 10.8. The minimum absolute atomic E-state index is 0.152. The third-order valence-electron chi connectivity index (χ3n) is 5.81. The quantitative estimate of drug-likeness (QED) is 0.313. The van der Waals surface area contributed by atoms with Gasteiger partial charge in [0.25, 0.3) is 0 Å². The van der Waals surface area contributed by atoms with Gasteiger partial charge in [-0.05, 0) is 59.6 Å². The van der Waals surface area contributed by atoms with Crippen LogP contribution >= 0.6 is 0 Å². The van der Waals surface area contributed by atoms with Gasteiger partial charge in [-0.3, -0.25) is 14.2 Å². The van der Waals surface area contributed by atoms with E-state index in [0.29, 0.717) is 23.6 Å². The average molecular weight is 450 g/mol. The molecule has 0 aliphatic heterocycles. The molecule has 172 valence electrons. The molecule has 0 radical (unpaired) electrons. The Morgan fingerprint density at radius 2 is 1.79 bits per heavy atom. The highest BCUT2D eigenvalue weighted by Gasteiger charge is 2.20. The molecule has 9 heteroatoms. The van der Waals surface area contributed by atoms with Crippen molar-refractivity contribution in [2.45, 2.75) is 54.4 Å². The number of fused-ring (bicyclic) bond motifs is 1. The Morgan fingerprint density at radius 1 is 1.03 bits per heavy atom. The maximum atomic E-state index is 12.7. The molecule has 0 atom stereocenters. The molecule has 0 fully saturated rings. The highest BCUT2D eigenvalue weighted by Crippen LogP contribution is 2.21. The molecule has 0 unspecified atom stereocenters. The number of Topliss-reactive ketones (excluding diaryl/α,β-unsaturated/α-hetero) is 1.